The van der Waals surface area contributed by atoms with Gasteiger partial charge in [-0.25, -0.2) is 0 Å². The van der Waals surface area contributed by atoms with Crippen LogP contribution < -0.4 is 15.7 Å². The van der Waals surface area contributed by atoms with E-state index in [-0.39, 0.29) is 17.6 Å². The molecule has 0 spiro atoms. The quantitative estimate of drug-likeness (QED) is 0.309. The molecule has 4 rings (SSSR count). The molecule has 0 bridgehead atoms. The highest BCUT2D eigenvalue weighted by Gasteiger charge is 2.50. The van der Waals surface area contributed by atoms with Crippen LogP contribution in [0.2, 0.25) is 5.04 Å². The predicted molar refractivity (Wildman–Crippen MR) is 153 cm³/mol. The average Bonchev–Trinajstić information content (AvgIpc) is 2.93. The van der Waals surface area contributed by atoms with Crippen LogP contribution in [0.5, 0.6) is 0 Å². The SMILES string of the molecule is CC(C)(C)[Si](OC[C@@H](O)[C@@H](NC(=O)c1ccccc1)c1ccccc1)(c1ccccc1)c1ccccc1. The molecule has 37 heavy (non-hydrogen) atoms. The Bertz CT molecular complexity index is 1220. The maximum atomic E-state index is 13.1. The molecular weight excluding hydrogens is 474 g/mol. The Morgan fingerprint density at radius 3 is 1.65 bits per heavy atom. The number of amides is 1. The van der Waals surface area contributed by atoms with Gasteiger partial charge in [0, 0.05) is 5.56 Å². The third kappa shape index (κ3) is 5.91. The van der Waals surface area contributed by atoms with Gasteiger partial charge in [0.1, 0.15) is 6.10 Å². The Balaban J connectivity index is 1.69. The summed E-state index contributed by atoms with van der Waals surface area (Å²) in [6.07, 6.45) is -0.961. The monoisotopic (exact) mass is 509 g/mol. The van der Waals surface area contributed by atoms with E-state index >= 15 is 0 Å². The van der Waals surface area contributed by atoms with Gasteiger partial charge in [-0.1, -0.05) is 130 Å². The lowest BCUT2D eigenvalue weighted by Gasteiger charge is -2.43. The fourth-order valence-electron chi connectivity index (χ4n) is 4.94. The number of carbonyl (C=O) groups excluding carboxylic acids is 1. The topological polar surface area (TPSA) is 58.6 Å². The summed E-state index contributed by atoms with van der Waals surface area (Å²) >= 11 is 0. The van der Waals surface area contributed by atoms with Crippen molar-refractivity contribution in [1.82, 2.24) is 5.32 Å². The van der Waals surface area contributed by atoms with E-state index in [2.05, 4.69) is 50.4 Å². The predicted octanol–water partition coefficient (Wildman–Crippen LogP) is 5.10. The van der Waals surface area contributed by atoms with E-state index in [1.165, 1.54) is 0 Å². The van der Waals surface area contributed by atoms with E-state index in [0.29, 0.717) is 5.56 Å². The van der Waals surface area contributed by atoms with E-state index in [1.807, 2.05) is 84.9 Å². The second-order valence-corrected chi connectivity index (χ2v) is 14.6. The van der Waals surface area contributed by atoms with Gasteiger partial charge in [-0.3, -0.25) is 4.79 Å². The van der Waals surface area contributed by atoms with Gasteiger partial charge < -0.3 is 14.8 Å². The second-order valence-electron chi connectivity index (χ2n) is 10.3. The summed E-state index contributed by atoms with van der Waals surface area (Å²) in [5.74, 6) is -0.237. The first kappa shape index (κ1) is 26.5. The minimum Gasteiger partial charge on any atom is -0.405 e. The maximum absolute atomic E-state index is 13.1. The van der Waals surface area contributed by atoms with Crippen LogP contribution in [-0.2, 0) is 4.43 Å². The molecule has 0 heterocycles. The zero-order valence-corrected chi connectivity index (χ0v) is 22.7. The number of nitrogens with one attached hydrogen (secondary N) is 1. The third-order valence-corrected chi connectivity index (χ3v) is 11.8. The molecule has 0 aromatic heterocycles. The van der Waals surface area contributed by atoms with Crippen LogP contribution in [0.3, 0.4) is 0 Å². The standard InChI is InChI=1S/C32H35NO3Si/c1-32(2,3)37(27-20-12-6-13-21-27,28-22-14-7-15-23-28)36-24-29(34)30(25-16-8-4-9-17-25)33-31(35)26-18-10-5-11-19-26/h4-23,29-30,34H,24H2,1-3H3,(H,33,35)/t29-,30+/m1/s1. The number of aliphatic hydroxyl groups excluding tert-OH is 1. The Labute approximate surface area is 221 Å². The fraction of sp³-hybridized carbons (Fsp3) is 0.219. The first-order valence-corrected chi connectivity index (χ1v) is 14.6. The molecule has 190 valence electrons. The van der Waals surface area contributed by atoms with Crippen molar-refractivity contribution in [2.45, 2.75) is 38.0 Å². The molecule has 2 N–H and O–H groups in total. The van der Waals surface area contributed by atoms with Crippen LogP contribution in [0.4, 0.5) is 0 Å². The van der Waals surface area contributed by atoms with Crippen molar-refractivity contribution in [3.05, 3.63) is 132 Å². The van der Waals surface area contributed by atoms with E-state index < -0.39 is 20.5 Å². The van der Waals surface area contributed by atoms with Crippen LogP contribution >= 0.6 is 0 Å². The van der Waals surface area contributed by atoms with Crippen molar-refractivity contribution in [3.63, 3.8) is 0 Å². The van der Waals surface area contributed by atoms with Gasteiger partial charge in [0.15, 0.2) is 0 Å². The van der Waals surface area contributed by atoms with Gasteiger partial charge in [0.2, 0.25) is 0 Å². The zero-order valence-electron chi connectivity index (χ0n) is 21.7. The van der Waals surface area contributed by atoms with Crippen LogP contribution in [0, 0.1) is 0 Å². The van der Waals surface area contributed by atoms with Crippen molar-refractivity contribution in [1.29, 1.82) is 0 Å². The van der Waals surface area contributed by atoms with Gasteiger partial charge in [-0.05, 0) is 33.1 Å². The molecule has 0 saturated carbocycles. The molecule has 2 atom stereocenters. The normalized spacial score (nSPS) is 13.5. The number of hydrogen-bond acceptors (Lipinski definition) is 3. The first-order chi connectivity index (χ1) is 17.8. The van der Waals surface area contributed by atoms with Crippen LogP contribution in [0.25, 0.3) is 0 Å². The van der Waals surface area contributed by atoms with Gasteiger partial charge in [0.05, 0.1) is 12.6 Å². The lowest BCUT2D eigenvalue weighted by molar-refractivity contribution is 0.0608. The third-order valence-electron chi connectivity index (χ3n) is 6.75. The summed E-state index contributed by atoms with van der Waals surface area (Å²) in [5.41, 5.74) is 1.37. The molecule has 5 heteroatoms. The number of benzene rings is 4. The number of hydrogen-bond donors (Lipinski definition) is 2. The van der Waals surface area contributed by atoms with Crippen molar-refractivity contribution < 1.29 is 14.3 Å². The molecule has 1 amide bonds. The Hall–Kier alpha value is -3.51. The average molecular weight is 510 g/mol. The van der Waals surface area contributed by atoms with Crippen molar-refractivity contribution >= 4 is 24.6 Å². The van der Waals surface area contributed by atoms with Crippen LogP contribution in [-0.4, -0.2) is 32.0 Å². The Morgan fingerprint density at radius 2 is 1.19 bits per heavy atom. The second kappa shape index (κ2) is 11.7. The molecule has 0 unspecified atom stereocenters. The highest BCUT2D eigenvalue weighted by molar-refractivity contribution is 6.99. The van der Waals surface area contributed by atoms with Gasteiger partial charge in [0.25, 0.3) is 14.2 Å². The van der Waals surface area contributed by atoms with Crippen molar-refractivity contribution in [2.24, 2.45) is 0 Å². The first-order valence-electron chi connectivity index (χ1n) is 12.7. The highest BCUT2D eigenvalue weighted by atomic mass is 28.4. The van der Waals surface area contributed by atoms with Gasteiger partial charge >= 0.3 is 0 Å². The fourth-order valence-corrected chi connectivity index (χ4v) is 9.52. The van der Waals surface area contributed by atoms with E-state index in [1.54, 1.807) is 12.1 Å². The number of aliphatic hydroxyl groups is 1. The molecular formula is C32H35NO3Si. The lowest BCUT2D eigenvalue weighted by Crippen LogP contribution is -2.67. The zero-order chi connectivity index (χ0) is 26.3. The summed E-state index contributed by atoms with van der Waals surface area (Å²) in [4.78, 5) is 13.1. The van der Waals surface area contributed by atoms with E-state index in [0.717, 1.165) is 15.9 Å². The summed E-state index contributed by atoms with van der Waals surface area (Å²) < 4.78 is 6.96. The molecule has 0 aliphatic carbocycles. The largest absolute Gasteiger partial charge is 0.405 e. The highest BCUT2D eigenvalue weighted by Crippen LogP contribution is 2.37. The molecule has 0 aliphatic rings. The summed E-state index contributed by atoms with van der Waals surface area (Å²) in [5, 5.41) is 16.7. The van der Waals surface area contributed by atoms with Crippen molar-refractivity contribution in [2.75, 3.05) is 6.61 Å². The molecule has 4 aromatic rings. The molecule has 0 saturated heterocycles. The molecule has 4 nitrogen and oxygen atoms in total. The van der Waals surface area contributed by atoms with Crippen LogP contribution in [0.1, 0.15) is 42.7 Å². The van der Waals surface area contributed by atoms with Crippen LogP contribution in [0.15, 0.2) is 121 Å². The van der Waals surface area contributed by atoms with E-state index in [4.69, 9.17) is 4.43 Å². The molecule has 4 aromatic carbocycles. The molecule has 0 radical (unpaired) electrons. The van der Waals surface area contributed by atoms with Crippen molar-refractivity contribution in [3.8, 4) is 0 Å². The molecule has 0 fully saturated rings. The summed E-state index contributed by atoms with van der Waals surface area (Å²) in [6.45, 7) is 6.69. The Morgan fingerprint density at radius 1 is 0.757 bits per heavy atom. The smallest absolute Gasteiger partial charge is 0.261 e. The summed E-state index contributed by atoms with van der Waals surface area (Å²) in [6, 6.07) is 38.7. The maximum Gasteiger partial charge on any atom is 0.261 e. The Kier molecular flexibility index (Phi) is 8.39. The number of carbonyl (C=O) groups is 1. The minimum absolute atomic E-state index is 0.0713. The van der Waals surface area contributed by atoms with Gasteiger partial charge in [-0.2, -0.15) is 0 Å². The lowest BCUT2D eigenvalue weighted by atomic mass is 10.0. The van der Waals surface area contributed by atoms with Gasteiger partial charge in [-0.15, -0.1) is 0 Å². The molecule has 0 aliphatic heterocycles. The summed E-state index contributed by atoms with van der Waals surface area (Å²) in [7, 11) is -2.84. The minimum atomic E-state index is -2.84. The van der Waals surface area contributed by atoms with E-state index in [9.17, 15) is 9.90 Å². The number of rotatable bonds is 9.